The van der Waals surface area contributed by atoms with Crippen LogP contribution in [0.5, 0.6) is 0 Å². The molecule has 2 rings (SSSR count). The van der Waals surface area contributed by atoms with E-state index in [0.29, 0.717) is 15.7 Å². The molecule has 0 spiro atoms. The van der Waals surface area contributed by atoms with E-state index in [9.17, 15) is 4.39 Å². The fourth-order valence-corrected chi connectivity index (χ4v) is 1.82. The van der Waals surface area contributed by atoms with Crippen LogP contribution in [0.15, 0.2) is 33.4 Å². The molecule has 2 aromatic rings. The first-order chi connectivity index (χ1) is 7.22. The van der Waals surface area contributed by atoms with Crippen LogP contribution in [0.2, 0.25) is 0 Å². The maximum atomic E-state index is 13.5. The zero-order chi connectivity index (χ0) is 10.8. The summed E-state index contributed by atoms with van der Waals surface area (Å²) in [5.74, 6) is 0.0956. The second-order valence-corrected chi connectivity index (χ2v) is 4.00. The number of rotatable bonds is 2. The predicted molar refractivity (Wildman–Crippen MR) is 59.2 cm³/mol. The summed E-state index contributed by atoms with van der Waals surface area (Å²) in [5, 5.41) is 0. The Morgan fingerprint density at radius 3 is 2.87 bits per heavy atom. The van der Waals surface area contributed by atoms with E-state index >= 15 is 0 Å². The Bertz CT molecular complexity index is 466. The van der Waals surface area contributed by atoms with Crippen LogP contribution in [0.25, 0.3) is 11.5 Å². The number of hydrogen-bond acceptors (Lipinski definition) is 2. The van der Waals surface area contributed by atoms with Crippen LogP contribution in [-0.4, -0.2) is 4.98 Å². The number of nitrogens with zero attached hydrogens (tertiary/aromatic N) is 1. The van der Waals surface area contributed by atoms with Gasteiger partial charge in [-0.05, 0) is 28.1 Å². The summed E-state index contributed by atoms with van der Waals surface area (Å²) >= 11 is 8.82. The van der Waals surface area contributed by atoms with Crippen molar-refractivity contribution in [1.29, 1.82) is 0 Å². The van der Waals surface area contributed by atoms with Crippen molar-refractivity contribution in [1.82, 2.24) is 4.98 Å². The minimum Gasteiger partial charge on any atom is -0.444 e. The molecule has 0 aliphatic rings. The Balaban J connectivity index is 2.53. The second-order valence-electron chi connectivity index (χ2n) is 2.87. The van der Waals surface area contributed by atoms with Gasteiger partial charge >= 0.3 is 0 Å². The lowest BCUT2D eigenvalue weighted by molar-refractivity contribution is 0.560. The summed E-state index contributed by atoms with van der Waals surface area (Å²) in [6.45, 7) is 0. The molecule has 0 unspecified atom stereocenters. The molecule has 0 amide bonds. The fourth-order valence-electron chi connectivity index (χ4n) is 1.19. The van der Waals surface area contributed by atoms with Crippen molar-refractivity contribution in [2.75, 3.05) is 0 Å². The largest absolute Gasteiger partial charge is 0.444 e. The van der Waals surface area contributed by atoms with Gasteiger partial charge < -0.3 is 4.42 Å². The normalized spacial score (nSPS) is 10.6. The van der Waals surface area contributed by atoms with Gasteiger partial charge in [0, 0.05) is 4.47 Å². The van der Waals surface area contributed by atoms with Crippen molar-refractivity contribution in [3.8, 4) is 11.5 Å². The highest BCUT2D eigenvalue weighted by molar-refractivity contribution is 9.10. The average Bonchev–Trinajstić information content (AvgIpc) is 2.66. The van der Waals surface area contributed by atoms with Gasteiger partial charge in [-0.1, -0.05) is 6.07 Å². The molecule has 78 valence electrons. The van der Waals surface area contributed by atoms with Crippen molar-refractivity contribution >= 4 is 27.5 Å². The van der Waals surface area contributed by atoms with Gasteiger partial charge in [0.2, 0.25) is 5.89 Å². The Hall–Kier alpha value is -0.870. The number of alkyl halides is 1. The third-order valence-corrected chi connectivity index (χ3v) is 2.80. The van der Waals surface area contributed by atoms with Crippen molar-refractivity contribution in [3.05, 3.63) is 40.4 Å². The highest BCUT2D eigenvalue weighted by Crippen LogP contribution is 2.30. The smallest absolute Gasteiger partial charge is 0.230 e. The Labute approximate surface area is 99.2 Å². The summed E-state index contributed by atoms with van der Waals surface area (Å²) in [4.78, 5) is 4.05. The lowest BCUT2D eigenvalue weighted by atomic mass is 10.2. The first-order valence-corrected chi connectivity index (χ1v) is 5.50. The van der Waals surface area contributed by atoms with Crippen LogP contribution in [0.4, 0.5) is 4.39 Å². The van der Waals surface area contributed by atoms with E-state index in [4.69, 9.17) is 16.0 Å². The molecule has 1 aromatic heterocycles. The highest BCUT2D eigenvalue weighted by Gasteiger charge is 2.14. The molecule has 15 heavy (non-hydrogen) atoms. The molecule has 1 heterocycles. The van der Waals surface area contributed by atoms with Crippen LogP contribution in [0.1, 0.15) is 5.69 Å². The van der Waals surface area contributed by atoms with E-state index in [1.807, 2.05) is 0 Å². The van der Waals surface area contributed by atoms with Crippen LogP contribution in [0.3, 0.4) is 0 Å². The summed E-state index contributed by atoms with van der Waals surface area (Å²) in [6.07, 6.45) is 1.42. The molecule has 5 heteroatoms. The zero-order valence-electron chi connectivity index (χ0n) is 7.51. The predicted octanol–water partition coefficient (Wildman–Crippen LogP) is 3.98. The van der Waals surface area contributed by atoms with Crippen molar-refractivity contribution in [2.45, 2.75) is 5.88 Å². The number of benzene rings is 1. The van der Waals surface area contributed by atoms with Gasteiger partial charge in [-0.3, -0.25) is 0 Å². The Morgan fingerprint density at radius 2 is 2.27 bits per heavy atom. The molecule has 1 aromatic carbocycles. The fraction of sp³-hybridized carbons (Fsp3) is 0.100. The molecule has 0 radical (unpaired) electrons. The van der Waals surface area contributed by atoms with Gasteiger partial charge in [0.05, 0.1) is 17.1 Å². The standard InChI is InChI=1S/C10H6BrClFNO/c11-7-2-1-3-8(13)9(7)10-14-6(4-12)5-15-10/h1-3,5H,4H2. The first-order valence-electron chi connectivity index (χ1n) is 4.17. The molecule has 0 aliphatic carbocycles. The maximum absolute atomic E-state index is 13.5. The topological polar surface area (TPSA) is 26.0 Å². The quantitative estimate of drug-likeness (QED) is 0.782. The average molecular weight is 291 g/mol. The van der Waals surface area contributed by atoms with Crippen LogP contribution >= 0.6 is 27.5 Å². The molecule has 0 saturated heterocycles. The molecule has 0 N–H and O–H groups in total. The molecular formula is C10H6BrClFNO. The molecule has 0 atom stereocenters. The van der Waals surface area contributed by atoms with E-state index in [2.05, 4.69) is 20.9 Å². The van der Waals surface area contributed by atoms with E-state index in [-0.39, 0.29) is 17.6 Å². The lowest BCUT2D eigenvalue weighted by Gasteiger charge is -2.00. The van der Waals surface area contributed by atoms with Gasteiger partial charge in [-0.15, -0.1) is 11.6 Å². The summed E-state index contributed by atoms with van der Waals surface area (Å²) in [7, 11) is 0. The summed E-state index contributed by atoms with van der Waals surface area (Å²) in [5.41, 5.74) is 0.899. The molecule has 0 fully saturated rings. The van der Waals surface area contributed by atoms with Crippen LogP contribution in [-0.2, 0) is 5.88 Å². The maximum Gasteiger partial charge on any atom is 0.230 e. The lowest BCUT2D eigenvalue weighted by Crippen LogP contribution is -1.86. The van der Waals surface area contributed by atoms with Gasteiger partial charge in [0.1, 0.15) is 12.1 Å². The zero-order valence-corrected chi connectivity index (χ0v) is 9.85. The summed E-state index contributed by atoms with van der Waals surface area (Å²) in [6, 6.07) is 4.68. The molecule has 0 saturated carbocycles. The number of halogens is 3. The third-order valence-electron chi connectivity index (χ3n) is 1.87. The van der Waals surface area contributed by atoms with E-state index in [1.54, 1.807) is 12.1 Å². The SMILES string of the molecule is Fc1cccc(Br)c1-c1nc(CCl)co1. The van der Waals surface area contributed by atoms with Gasteiger partial charge in [0.15, 0.2) is 0 Å². The highest BCUT2D eigenvalue weighted by atomic mass is 79.9. The number of oxazole rings is 1. The van der Waals surface area contributed by atoms with Crippen molar-refractivity contribution < 1.29 is 8.81 Å². The van der Waals surface area contributed by atoms with Crippen LogP contribution < -0.4 is 0 Å². The first kappa shape index (κ1) is 10.6. The Morgan fingerprint density at radius 1 is 1.47 bits per heavy atom. The van der Waals surface area contributed by atoms with Gasteiger partial charge in [-0.25, -0.2) is 9.37 Å². The van der Waals surface area contributed by atoms with Crippen molar-refractivity contribution in [2.24, 2.45) is 0 Å². The Kier molecular flexibility index (Phi) is 3.07. The van der Waals surface area contributed by atoms with Gasteiger partial charge in [0.25, 0.3) is 0 Å². The van der Waals surface area contributed by atoms with Gasteiger partial charge in [-0.2, -0.15) is 0 Å². The van der Waals surface area contributed by atoms with E-state index < -0.39 is 0 Å². The number of hydrogen-bond donors (Lipinski definition) is 0. The monoisotopic (exact) mass is 289 g/mol. The summed E-state index contributed by atoms with van der Waals surface area (Å²) < 4.78 is 19.2. The second kappa shape index (κ2) is 4.33. The molecule has 0 aliphatic heterocycles. The van der Waals surface area contributed by atoms with E-state index in [1.165, 1.54) is 12.3 Å². The van der Waals surface area contributed by atoms with Crippen LogP contribution in [0, 0.1) is 5.82 Å². The minimum atomic E-state index is -0.382. The van der Waals surface area contributed by atoms with Crippen molar-refractivity contribution in [3.63, 3.8) is 0 Å². The molecular weight excluding hydrogens is 284 g/mol. The molecule has 0 bridgehead atoms. The number of aromatic nitrogens is 1. The van der Waals surface area contributed by atoms with E-state index in [0.717, 1.165) is 0 Å². The molecule has 2 nitrogen and oxygen atoms in total. The third kappa shape index (κ3) is 2.06. The minimum absolute atomic E-state index is 0.232.